The van der Waals surface area contributed by atoms with Crippen LogP contribution in [0, 0.1) is 25.5 Å². The third-order valence-electron chi connectivity index (χ3n) is 3.25. The van der Waals surface area contributed by atoms with Crippen LogP contribution in [-0.2, 0) is 0 Å². The molecule has 2 aromatic rings. The third-order valence-corrected chi connectivity index (χ3v) is 3.25. The first-order valence-corrected chi connectivity index (χ1v) is 6.01. The average Bonchev–Trinajstić information content (AvgIpc) is 2.38. The number of nitrogens with two attached hydrogens (primary N) is 1. The van der Waals surface area contributed by atoms with Gasteiger partial charge in [-0.3, -0.25) is 5.84 Å². The Labute approximate surface area is 111 Å². The molecular weight excluding hydrogens is 246 g/mol. The fourth-order valence-electron chi connectivity index (χ4n) is 2.08. The van der Waals surface area contributed by atoms with Gasteiger partial charge in [-0.25, -0.2) is 14.2 Å². The van der Waals surface area contributed by atoms with Crippen molar-refractivity contribution in [3.05, 3.63) is 70.3 Å². The lowest BCUT2D eigenvalue weighted by molar-refractivity contribution is 0.589. The molecule has 0 radical (unpaired) electrons. The first kappa shape index (κ1) is 13.6. The molecule has 0 aliphatic heterocycles. The van der Waals surface area contributed by atoms with Crippen LogP contribution in [0.25, 0.3) is 0 Å². The minimum atomic E-state index is -0.439. The molecule has 2 rings (SSSR count). The molecule has 0 aliphatic carbocycles. The Hall–Kier alpha value is -1.78. The first-order chi connectivity index (χ1) is 9.02. The van der Waals surface area contributed by atoms with E-state index in [-0.39, 0.29) is 11.6 Å². The number of nitrogens with one attached hydrogen (secondary N) is 1. The molecule has 0 spiro atoms. The lowest BCUT2D eigenvalue weighted by Gasteiger charge is -2.19. The molecule has 0 bridgehead atoms. The highest BCUT2D eigenvalue weighted by atomic mass is 19.1. The van der Waals surface area contributed by atoms with Crippen LogP contribution in [0.2, 0.25) is 0 Å². The zero-order valence-electron chi connectivity index (χ0n) is 10.9. The summed E-state index contributed by atoms with van der Waals surface area (Å²) in [5.41, 5.74) is 5.44. The Morgan fingerprint density at radius 1 is 1.00 bits per heavy atom. The second-order valence-corrected chi connectivity index (χ2v) is 4.61. The predicted molar refractivity (Wildman–Crippen MR) is 71.4 cm³/mol. The molecule has 0 aromatic heterocycles. The minimum absolute atomic E-state index is 0.299. The van der Waals surface area contributed by atoms with Crippen molar-refractivity contribution in [1.29, 1.82) is 0 Å². The van der Waals surface area contributed by atoms with E-state index in [1.54, 1.807) is 25.1 Å². The number of rotatable bonds is 3. The molecule has 3 N–H and O–H groups in total. The molecule has 0 amide bonds. The molecule has 0 saturated heterocycles. The smallest absolute Gasteiger partial charge is 0.126 e. The van der Waals surface area contributed by atoms with Crippen molar-refractivity contribution in [3.63, 3.8) is 0 Å². The van der Waals surface area contributed by atoms with E-state index in [4.69, 9.17) is 5.84 Å². The molecule has 2 aromatic carbocycles. The number of hydrazine groups is 1. The lowest BCUT2D eigenvalue weighted by atomic mass is 9.94. The van der Waals surface area contributed by atoms with Crippen LogP contribution in [0.3, 0.4) is 0 Å². The van der Waals surface area contributed by atoms with Crippen LogP contribution < -0.4 is 11.3 Å². The summed E-state index contributed by atoms with van der Waals surface area (Å²) in [6.07, 6.45) is 0. The van der Waals surface area contributed by atoms with Gasteiger partial charge in [0.2, 0.25) is 0 Å². The molecule has 0 aliphatic rings. The zero-order valence-corrected chi connectivity index (χ0v) is 10.9. The maximum absolute atomic E-state index is 13.6. The third kappa shape index (κ3) is 2.80. The van der Waals surface area contributed by atoms with Gasteiger partial charge >= 0.3 is 0 Å². The monoisotopic (exact) mass is 262 g/mol. The van der Waals surface area contributed by atoms with Gasteiger partial charge in [0.25, 0.3) is 0 Å². The second kappa shape index (κ2) is 5.47. The minimum Gasteiger partial charge on any atom is -0.271 e. The van der Waals surface area contributed by atoms with Gasteiger partial charge in [-0.1, -0.05) is 18.2 Å². The van der Waals surface area contributed by atoms with Crippen molar-refractivity contribution in [2.45, 2.75) is 19.9 Å². The van der Waals surface area contributed by atoms with Crippen LogP contribution in [0.1, 0.15) is 28.3 Å². The van der Waals surface area contributed by atoms with Gasteiger partial charge in [-0.05, 0) is 54.3 Å². The fraction of sp³-hybridized carbons (Fsp3) is 0.200. The molecule has 19 heavy (non-hydrogen) atoms. The molecule has 1 atom stereocenters. The van der Waals surface area contributed by atoms with Gasteiger partial charge in [0.05, 0.1) is 6.04 Å². The maximum atomic E-state index is 13.6. The number of hydrogen-bond acceptors (Lipinski definition) is 2. The van der Waals surface area contributed by atoms with Crippen molar-refractivity contribution in [2.75, 3.05) is 0 Å². The van der Waals surface area contributed by atoms with Crippen molar-refractivity contribution < 1.29 is 8.78 Å². The van der Waals surface area contributed by atoms with Crippen LogP contribution in [-0.4, -0.2) is 0 Å². The number of hydrogen-bond donors (Lipinski definition) is 2. The van der Waals surface area contributed by atoms with E-state index in [9.17, 15) is 8.78 Å². The van der Waals surface area contributed by atoms with Crippen molar-refractivity contribution >= 4 is 0 Å². The van der Waals surface area contributed by atoms with Crippen LogP contribution in [0.15, 0.2) is 36.4 Å². The predicted octanol–water partition coefficient (Wildman–Crippen LogP) is 3.13. The highest BCUT2D eigenvalue weighted by Gasteiger charge is 2.16. The van der Waals surface area contributed by atoms with Gasteiger partial charge in [-0.15, -0.1) is 0 Å². The number of aryl methyl sites for hydroxylation is 2. The molecule has 2 nitrogen and oxygen atoms in total. The van der Waals surface area contributed by atoms with Gasteiger partial charge < -0.3 is 0 Å². The Bertz CT molecular complexity index is 597. The fourth-order valence-corrected chi connectivity index (χ4v) is 2.08. The Kier molecular flexibility index (Phi) is 3.93. The number of benzene rings is 2. The van der Waals surface area contributed by atoms with Gasteiger partial charge in [-0.2, -0.15) is 0 Å². The summed E-state index contributed by atoms with van der Waals surface area (Å²) in [5.74, 6) is 4.91. The summed E-state index contributed by atoms with van der Waals surface area (Å²) in [4.78, 5) is 0. The Balaban J connectivity index is 2.49. The van der Waals surface area contributed by atoms with E-state index < -0.39 is 6.04 Å². The summed E-state index contributed by atoms with van der Waals surface area (Å²) < 4.78 is 27.0. The molecule has 0 heterocycles. The topological polar surface area (TPSA) is 38.0 Å². The molecule has 1 unspecified atom stereocenters. The summed E-state index contributed by atoms with van der Waals surface area (Å²) in [5, 5.41) is 0. The van der Waals surface area contributed by atoms with E-state index in [2.05, 4.69) is 5.43 Å². The Morgan fingerprint density at radius 3 is 2.32 bits per heavy atom. The number of halogens is 2. The van der Waals surface area contributed by atoms with Gasteiger partial charge in [0.15, 0.2) is 0 Å². The zero-order chi connectivity index (χ0) is 14.0. The second-order valence-electron chi connectivity index (χ2n) is 4.61. The standard InChI is InChI=1S/C15H16F2N2/c1-9-4-6-12(16)8-13(9)15(19-18)11-5-3-10(2)14(17)7-11/h3-8,15,19H,18H2,1-2H3. The van der Waals surface area contributed by atoms with E-state index in [1.165, 1.54) is 18.2 Å². The summed E-state index contributed by atoms with van der Waals surface area (Å²) >= 11 is 0. The maximum Gasteiger partial charge on any atom is 0.126 e. The van der Waals surface area contributed by atoms with Crippen molar-refractivity contribution in [3.8, 4) is 0 Å². The first-order valence-electron chi connectivity index (χ1n) is 6.01. The largest absolute Gasteiger partial charge is 0.271 e. The van der Waals surface area contributed by atoms with E-state index in [0.29, 0.717) is 16.7 Å². The van der Waals surface area contributed by atoms with E-state index >= 15 is 0 Å². The average molecular weight is 262 g/mol. The van der Waals surface area contributed by atoms with Crippen molar-refractivity contribution in [1.82, 2.24) is 5.43 Å². The van der Waals surface area contributed by atoms with Crippen molar-refractivity contribution in [2.24, 2.45) is 5.84 Å². The molecule has 0 fully saturated rings. The lowest BCUT2D eigenvalue weighted by Crippen LogP contribution is -2.29. The summed E-state index contributed by atoms with van der Waals surface area (Å²) in [6, 6.07) is 8.94. The van der Waals surface area contributed by atoms with Crippen LogP contribution >= 0.6 is 0 Å². The van der Waals surface area contributed by atoms with Gasteiger partial charge in [0.1, 0.15) is 11.6 Å². The quantitative estimate of drug-likeness (QED) is 0.658. The molecule has 4 heteroatoms. The summed E-state index contributed by atoms with van der Waals surface area (Å²) in [7, 11) is 0. The van der Waals surface area contributed by atoms with E-state index in [0.717, 1.165) is 5.56 Å². The molecule has 0 saturated carbocycles. The highest BCUT2D eigenvalue weighted by Crippen LogP contribution is 2.26. The SMILES string of the molecule is Cc1ccc(C(NN)c2cc(F)ccc2C)cc1F. The van der Waals surface area contributed by atoms with E-state index in [1.807, 2.05) is 6.92 Å². The van der Waals surface area contributed by atoms with Crippen LogP contribution in [0.4, 0.5) is 8.78 Å². The van der Waals surface area contributed by atoms with Crippen LogP contribution in [0.5, 0.6) is 0 Å². The molecular formula is C15H16F2N2. The molecule has 100 valence electrons. The summed E-state index contributed by atoms with van der Waals surface area (Å²) in [6.45, 7) is 3.56. The van der Waals surface area contributed by atoms with Gasteiger partial charge in [0, 0.05) is 0 Å². The Morgan fingerprint density at radius 2 is 1.68 bits per heavy atom. The normalized spacial score (nSPS) is 12.5. The highest BCUT2D eigenvalue weighted by molar-refractivity contribution is 5.38.